The third kappa shape index (κ3) is 2.02. The van der Waals surface area contributed by atoms with Gasteiger partial charge in [0.15, 0.2) is 0 Å². The van der Waals surface area contributed by atoms with Crippen LogP contribution in [0.25, 0.3) is 0 Å². The Balaban J connectivity index is 1.44. The van der Waals surface area contributed by atoms with Gasteiger partial charge >= 0.3 is 0 Å². The van der Waals surface area contributed by atoms with E-state index in [1.54, 1.807) is 19.3 Å². The first kappa shape index (κ1) is 11.7. The Morgan fingerprint density at radius 2 is 1.39 bits per heavy atom. The minimum Gasteiger partial charge on any atom is -0.393 e. The Morgan fingerprint density at radius 1 is 0.889 bits per heavy atom. The van der Waals surface area contributed by atoms with Crippen LogP contribution in [-0.4, -0.2) is 35.7 Å². The average molecular weight is 249 g/mol. The molecule has 0 unspecified atom stereocenters. The second-order valence-electron chi connectivity index (χ2n) is 7.92. The number of aliphatic hydroxyl groups is 1. The van der Waals surface area contributed by atoms with Crippen molar-refractivity contribution in [3.05, 3.63) is 0 Å². The molecule has 102 valence electrons. The van der Waals surface area contributed by atoms with E-state index in [9.17, 15) is 5.11 Å². The van der Waals surface area contributed by atoms with Gasteiger partial charge in [0.05, 0.1) is 6.10 Å². The van der Waals surface area contributed by atoms with E-state index in [-0.39, 0.29) is 6.10 Å². The highest BCUT2D eigenvalue weighted by Gasteiger charge is 2.51. The lowest BCUT2D eigenvalue weighted by Crippen LogP contribution is -2.52. The summed E-state index contributed by atoms with van der Waals surface area (Å²) in [5.74, 6) is 3.23. The van der Waals surface area contributed by atoms with E-state index in [1.165, 1.54) is 25.8 Å². The molecule has 1 saturated heterocycles. The molecule has 0 spiro atoms. The highest BCUT2D eigenvalue weighted by atomic mass is 16.3. The molecule has 5 fully saturated rings. The predicted molar refractivity (Wildman–Crippen MR) is 72.3 cm³/mol. The van der Waals surface area contributed by atoms with Crippen molar-refractivity contribution >= 4 is 0 Å². The van der Waals surface area contributed by atoms with Crippen molar-refractivity contribution in [3.63, 3.8) is 0 Å². The fourth-order valence-corrected chi connectivity index (χ4v) is 6.04. The molecule has 2 heteroatoms. The molecule has 0 aromatic rings. The van der Waals surface area contributed by atoms with Gasteiger partial charge in [-0.1, -0.05) is 0 Å². The molecule has 0 aromatic heterocycles. The van der Waals surface area contributed by atoms with E-state index in [1.807, 2.05) is 0 Å². The molecule has 1 heterocycles. The maximum absolute atomic E-state index is 9.63. The summed E-state index contributed by atoms with van der Waals surface area (Å²) in [5, 5.41) is 9.63. The Kier molecular flexibility index (Phi) is 2.74. The van der Waals surface area contributed by atoms with Crippen molar-refractivity contribution < 1.29 is 5.11 Å². The molecule has 5 rings (SSSR count). The van der Waals surface area contributed by atoms with Crippen molar-refractivity contribution in [3.8, 4) is 0 Å². The van der Waals surface area contributed by atoms with Gasteiger partial charge < -0.3 is 10.0 Å². The summed E-state index contributed by atoms with van der Waals surface area (Å²) < 4.78 is 0. The highest BCUT2D eigenvalue weighted by molar-refractivity contribution is 5.02. The summed E-state index contributed by atoms with van der Waals surface area (Å²) in [4.78, 5) is 2.67. The van der Waals surface area contributed by atoms with Crippen molar-refractivity contribution in [2.75, 3.05) is 19.6 Å². The third-order valence-corrected chi connectivity index (χ3v) is 6.28. The fraction of sp³-hybridized carbons (Fsp3) is 1.00. The van der Waals surface area contributed by atoms with Crippen molar-refractivity contribution in [2.24, 2.45) is 23.2 Å². The van der Waals surface area contributed by atoms with Crippen LogP contribution in [0, 0.1) is 23.2 Å². The molecule has 18 heavy (non-hydrogen) atoms. The van der Waals surface area contributed by atoms with Gasteiger partial charge in [-0.3, -0.25) is 0 Å². The number of rotatable bonds is 2. The smallest absolute Gasteiger partial charge is 0.0564 e. The Morgan fingerprint density at radius 3 is 1.89 bits per heavy atom. The zero-order valence-corrected chi connectivity index (χ0v) is 11.5. The average Bonchev–Trinajstić information content (AvgIpc) is 2.30. The van der Waals surface area contributed by atoms with Crippen LogP contribution in [0.15, 0.2) is 0 Å². The van der Waals surface area contributed by atoms with Gasteiger partial charge in [0.1, 0.15) is 0 Å². The van der Waals surface area contributed by atoms with Gasteiger partial charge in [0, 0.05) is 19.6 Å². The lowest BCUT2D eigenvalue weighted by Gasteiger charge is -2.58. The Hall–Kier alpha value is -0.0800. The van der Waals surface area contributed by atoms with Crippen LogP contribution in [0.1, 0.15) is 51.4 Å². The zero-order chi connectivity index (χ0) is 12.2. The second kappa shape index (κ2) is 4.21. The molecule has 0 aromatic carbocycles. The molecule has 1 N–H and O–H groups in total. The van der Waals surface area contributed by atoms with Gasteiger partial charge in [-0.2, -0.15) is 0 Å². The van der Waals surface area contributed by atoms with Gasteiger partial charge in [0.25, 0.3) is 0 Å². The molecule has 4 bridgehead atoms. The van der Waals surface area contributed by atoms with Crippen LogP contribution >= 0.6 is 0 Å². The number of hydrogen-bond donors (Lipinski definition) is 1. The molecule has 4 saturated carbocycles. The molecule has 0 atom stereocenters. The van der Waals surface area contributed by atoms with Crippen LogP contribution in [0.4, 0.5) is 0 Å². The Labute approximate surface area is 111 Å². The maximum atomic E-state index is 9.63. The van der Waals surface area contributed by atoms with Crippen LogP contribution in [-0.2, 0) is 0 Å². The summed E-state index contributed by atoms with van der Waals surface area (Å²) in [5.41, 5.74) is 0.692. The molecule has 1 aliphatic heterocycles. The van der Waals surface area contributed by atoms with E-state index in [4.69, 9.17) is 0 Å². The van der Waals surface area contributed by atoms with Gasteiger partial charge in [0.2, 0.25) is 0 Å². The van der Waals surface area contributed by atoms with Gasteiger partial charge in [-0.05, 0) is 74.5 Å². The monoisotopic (exact) mass is 249 g/mol. The molecule has 0 radical (unpaired) electrons. The highest BCUT2D eigenvalue weighted by Crippen LogP contribution is 2.60. The first-order chi connectivity index (χ1) is 8.71. The quantitative estimate of drug-likeness (QED) is 0.813. The zero-order valence-electron chi connectivity index (χ0n) is 11.5. The third-order valence-electron chi connectivity index (χ3n) is 6.28. The first-order valence-electron chi connectivity index (χ1n) is 8.11. The number of aliphatic hydroxyl groups excluding tert-OH is 1. The van der Waals surface area contributed by atoms with Crippen molar-refractivity contribution in [2.45, 2.75) is 57.5 Å². The number of likely N-dealkylation sites (tertiary alicyclic amines) is 1. The minimum atomic E-state index is -0.0161. The van der Waals surface area contributed by atoms with Crippen molar-refractivity contribution in [1.82, 2.24) is 4.90 Å². The predicted octanol–water partition coefficient (Wildman–Crippen LogP) is 2.66. The van der Waals surface area contributed by atoms with E-state index in [0.717, 1.165) is 43.7 Å². The molecule has 2 nitrogen and oxygen atoms in total. The first-order valence-corrected chi connectivity index (χ1v) is 8.11. The molecule has 5 aliphatic rings. The minimum absolute atomic E-state index is 0.0161. The summed E-state index contributed by atoms with van der Waals surface area (Å²) in [6.45, 7) is 3.63. The topological polar surface area (TPSA) is 23.5 Å². The molecule has 4 aliphatic carbocycles. The number of piperidine rings is 1. The fourth-order valence-electron chi connectivity index (χ4n) is 6.04. The van der Waals surface area contributed by atoms with E-state index >= 15 is 0 Å². The standard InChI is InChI=1S/C16H27NO/c18-15-1-3-17(4-2-15)11-16-8-12-5-13(9-16)7-14(6-12)10-16/h12-15,18H,1-11H2. The summed E-state index contributed by atoms with van der Waals surface area (Å²) >= 11 is 0. The molecule has 0 amide bonds. The largest absolute Gasteiger partial charge is 0.393 e. The maximum Gasteiger partial charge on any atom is 0.0564 e. The molecular formula is C16H27NO. The summed E-state index contributed by atoms with van der Waals surface area (Å²) in [6.07, 6.45) is 11.2. The van der Waals surface area contributed by atoms with E-state index in [0.29, 0.717) is 5.41 Å². The van der Waals surface area contributed by atoms with E-state index < -0.39 is 0 Å². The number of nitrogens with zero attached hydrogens (tertiary/aromatic N) is 1. The normalized spacial score (nSPS) is 48.8. The van der Waals surface area contributed by atoms with Crippen LogP contribution in [0.5, 0.6) is 0 Å². The Bertz CT molecular complexity index is 284. The lowest BCUT2D eigenvalue weighted by molar-refractivity contribution is -0.0747. The van der Waals surface area contributed by atoms with Crippen molar-refractivity contribution in [1.29, 1.82) is 0 Å². The second-order valence-corrected chi connectivity index (χ2v) is 7.92. The SMILES string of the molecule is OC1CCN(CC23CC4CC(CC(C4)C2)C3)CC1. The van der Waals surface area contributed by atoms with Crippen LogP contribution < -0.4 is 0 Å². The summed E-state index contributed by atoms with van der Waals surface area (Å²) in [7, 11) is 0. The lowest BCUT2D eigenvalue weighted by atomic mass is 9.49. The van der Waals surface area contributed by atoms with Gasteiger partial charge in [-0.15, -0.1) is 0 Å². The van der Waals surface area contributed by atoms with Crippen LogP contribution in [0.3, 0.4) is 0 Å². The molecular weight excluding hydrogens is 222 g/mol. The number of hydrogen-bond acceptors (Lipinski definition) is 2. The van der Waals surface area contributed by atoms with Crippen LogP contribution in [0.2, 0.25) is 0 Å². The van der Waals surface area contributed by atoms with Gasteiger partial charge in [-0.25, -0.2) is 0 Å². The van der Waals surface area contributed by atoms with E-state index in [2.05, 4.69) is 4.90 Å². The summed E-state index contributed by atoms with van der Waals surface area (Å²) in [6, 6.07) is 0.